The van der Waals surface area contributed by atoms with Crippen molar-refractivity contribution < 1.29 is 24.4 Å². The standard InChI is InChI=1S/C25H18N4O6/c1-13(2)15-7-8-16-20(10-15)35-25(32)17-4-3-5-19(29(33)34)21(17)22(30)24(16,25)28-23(31)18-9-6-14(11-26)12-27-18/h3-10,12-13,32H,1-2H3,(H,28,31). The van der Waals surface area contributed by atoms with Crippen LogP contribution in [0, 0.1) is 21.4 Å². The van der Waals surface area contributed by atoms with E-state index in [0.717, 1.165) is 11.6 Å². The Labute approximate surface area is 198 Å². The number of nitrogens with one attached hydrogen (secondary N) is 1. The lowest BCUT2D eigenvalue weighted by Gasteiger charge is -2.34. The van der Waals surface area contributed by atoms with Crippen molar-refractivity contribution in [2.45, 2.75) is 31.1 Å². The molecule has 0 saturated carbocycles. The molecule has 1 aromatic heterocycles. The van der Waals surface area contributed by atoms with Crippen molar-refractivity contribution in [3.05, 3.63) is 98.4 Å². The van der Waals surface area contributed by atoms with Crippen LogP contribution in [0.1, 0.15) is 62.9 Å². The molecular weight excluding hydrogens is 452 g/mol. The number of nitro benzene ring substituents is 1. The molecule has 10 nitrogen and oxygen atoms in total. The normalized spacial score (nSPS) is 21.5. The first-order chi connectivity index (χ1) is 16.6. The molecule has 1 amide bonds. The van der Waals surface area contributed by atoms with Crippen LogP contribution >= 0.6 is 0 Å². The van der Waals surface area contributed by atoms with Gasteiger partial charge in [0.05, 0.1) is 10.5 Å². The zero-order valence-corrected chi connectivity index (χ0v) is 18.6. The molecule has 1 aliphatic heterocycles. The van der Waals surface area contributed by atoms with E-state index >= 15 is 0 Å². The van der Waals surface area contributed by atoms with E-state index in [9.17, 15) is 24.8 Å². The highest BCUT2D eigenvalue weighted by Gasteiger charge is 2.73. The third kappa shape index (κ3) is 2.88. The minimum atomic E-state index is -2.44. The first-order valence-electron chi connectivity index (χ1n) is 10.7. The summed E-state index contributed by atoms with van der Waals surface area (Å²) in [5, 5.41) is 35.2. The molecule has 2 N–H and O–H groups in total. The van der Waals surface area contributed by atoms with E-state index in [1.54, 1.807) is 18.2 Å². The fourth-order valence-electron chi connectivity index (χ4n) is 4.68. The number of aliphatic hydroxyl groups is 1. The molecule has 1 aliphatic carbocycles. The lowest BCUT2D eigenvalue weighted by Crippen LogP contribution is -2.60. The first-order valence-corrected chi connectivity index (χ1v) is 10.7. The number of ether oxygens (including phenoxy) is 1. The zero-order chi connectivity index (χ0) is 25.1. The molecule has 10 heteroatoms. The summed E-state index contributed by atoms with van der Waals surface area (Å²) in [5.41, 5.74) is -2.02. The molecule has 174 valence electrons. The van der Waals surface area contributed by atoms with Gasteiger partial charge >= 0.3 is 0 Å². The maximum Gasteiger partial charge on any atom is 0.280 e. The van der Waals surface area contributed by atoms with Gasteiger partial charge in [-0.1, -0.05) is 38.1 Å². The second-order valence-corrected chi connectivity index (χ2v) is 8.69. The Morgan fingerprint density at radius 1 is 1.23 bits per heavy atom. The largest absolute Gasteiger partial charge is 0.454 e. The molecule has 0 saturated heterocycles. The van der Waals surface area contributed by atoms with Gasteiger partial charge in [-0.25, -0.2) is 4.98 Å². The summed E-state index contributed by atoms with van der Waals surface area (Å²) in [6.07, 6.45) is 1.20. The van der Waals surface area contributed by atoms with Crippen LogP contribution in [0.3, 0.4) is 0 Å². The predicted molar refractivity (Wildman–Crippen MR) is 121 cm³/mol. The molecule has 2 aromatic carbocycles. The number of aromatic nitrogens is 1. The van der Waals surface area contributed by atoms with Crippen LogP contribution in [0.25, 0.3) is 0 Å². The van der Waals surface area contributed by atoms with Gasteiger partial charge in [-0.3, -0.25) is 19.7 Å². The summed E-state index contributed by atoms with van der Waals surface area (Å²) in [6.45, 7) is 3.92. The third-order valence-corrected chi connectivity index (χ3v) is 6.44. The third-order valence-electron chi connectivity index (χ3n) is 6.44. The van der Waals surface area contributed by atoms with Gasteiger partial charge in [0.2, 0.25) is 11.3 Å². The summed E-state index contributed by atoms with van der Waals surface area (Å²) < 4.78 is 5.95. The molecule has 0 radical (unpaired) electrons. The molecule has 2 heterocycles. The van der Waals surface area contributed by atoms with E-state index in [2.05, 4.69) is 10.3 Å². The monoisotopic (exact) mass is 470 g/mol. The van der Waals surface area contributed by atoms with Crippen LogP contribution < -0.4 is 10.1 Å². The fourth-order valence-corrected chi connectivity index (χ4v) is 4.68. The number of pyridine rings is 1. The van der Waals surface area contributed by atoms with Crippen LogP contribution in [0.2, 0.25) is 0 Å². The number of nitro groups is 1. The highest BCUT2D eigenvalue weighted by molar-refractivity contribution is 6.15. The number of nitriles is 1. The molecule has 3 aromatic rings. The minimum Gasteiger partial charge on any atom is -0.454 e. The first kappa shape index (κ1) is 22.2. The van der Waals surface area contributed by atoms with Gasteiger partial charge in [0.25, 0.3) is 17.4 Å². The minimum absolute atomic E-state index is 0.108. The number of benzene rings is 2. The zero-order valence-electron chi connectivity index (χ0n) is 18.6. The Balaban J connectivity index is 1.73. The highest BCUT2D eigenvalue weighted by Crippen LogP contribution is 2.59. The highest BCUT2D eigenvalue weighted by atomic mass is 16.6. The number of carbonyl (C=O) groups excluding carboxylic acids is 2. The van der Waals surface area contributed by atoms with Gasteiger partial charge in [0.15, 0.2) is 0 Å². The molecule has 2 unspecified atom stereocenters. The van der Waals surface area contributed by atoms with Gasteiger partial charge in [0.1, 0.15) is 23.1 Å². The molecule has 0 spiro atoms. The van der Waals surface area contributed by atoms with E-state index in [1.807, 2.05) is 19.9 Å². The maximum atomic E-state index is 14.0. The van der Waals surface area contributed by atoms with Crippen molar-refractivity contribution in [3.8, 4) is 11.8 Å². The van der Waals surface area contributed by atoms with Gasteiger partial charge in [-0.05, 0) is 29.7 Å². The number of nitrogens with zero attached hydrogens (tertiary/aromatic N) is 3. The van der Waals surface area contributed by atoms with Gasteiger partial charge in [-0.2, -0.15) is 5.26 Å². The Morgan fingerprint density at radius 3 is 2.63 bits per heavy atom. The maximum absolute atomic E-state index is 14.0. The summed E-state index contributed by atoms with van der Waals surface area (Å²) in [7, 11) is 0. The van der Waals surface area contributed by atoms with Crippen LogP contribution in [-0.4, -0.2) is 26.7 Å². The van der Waals surface area contributed by atoms with Gasteiger partial charge in [-0.15, -0.1) is 0 Å². The topological polar surface area (TPSA) is 155 Å². The number of hydrogen-bond donors (Lipinski definition) is 2. The summed E-state index contributed by atoms with van der Waals surface area (Å²) in [5.74, 6) is -3.86. The molecular formula is C25H18N4O6. The van der Waals surface area contributed by atoms with Gasteiger partial charge < -0.3 is 15.2 Å². The Morgan fingerprint density at radius 2 is 2.00 bits per heavy atom. The van der Waals surface area contributed by atoms with Crippen molar-refractivity contribution in [2.75, 3.05) is 0 Å². The summed E-state index contributed by atoms with van der Waals surface area (Å²) in [4.78, 5) is 42.2. The number of carbonyl (C=O) groups is 2. The van der Waals surface area contributed by atoms with Crippen LogP contribution in [0.4, 0.5) is 5.69 Å². The number of fused-ring (bicyclic) bond motifs is 5. The average Bonchev–Trinajstić information content (AvgIpc) is 3.20. The Bertz CT molecular complexity index is 1480. The number of rotatable bonds is 4. The van der Waals surface area contributed by atoms with Crippen molar-refractivity contribution in [1.29, 1.82) is 5.26 Å². The number of ketones is 1. The lowest BCUT2D eigenvalue weighted by atomic mass is 9.82. The lowest BCUT2D eigenvalue weighted by molar-refractivity contribution is -0.385. The number of amides is 1. The second-order valence-electron chi connectivity index (χ2n) is 8.69. The van der Waals surface area contributed by atoms with Crippen molar-refractivity contribution >= 4 is 17.4 Å². The molecule has 2 aliphatic rings. The summed E-state index contributed by atoms with van der Waals surface area (Å²) in [6, 6.07) is 13.4. The predicted octanol–water partition coefficient (Wildman–Crippen LogP) is 3.04. The quantitative estimate of drug-likeness (QED) is 0.435. The Hall–Kier alpha value is -4.62. The van der Waals surface area contributed by atoms with E-state index in [4.69, 9.17) is 10.00 Å². The smallest absolute Gasteiger partial charge is 0.280 e. The molecule has 0 bridgehead atoms. The van der Waals surface area contributed by atoms with Crippen molar-refractivity contribution in [3.63, 3.8) is 0 Å². The fraction of sp³-hybridized carbons (Fsp3) is 0.200. The van der Waals surface area contributed by atoms with Crippen LogP contribution in [0.15, 0.2) is 54.7 Å². The summed E-state index contributed by atoms with van der Waals surface area (Å²) >= 11 is 0. The van der Waals surface area contributed by atoms with E-state index in [0.29, 0.717) is 0 Å². The Kier molecular flexibility index (Phi) is 4.72. The van der Waals surface area contributed by atoms with E-state index < -0.39 is 33.6 Å². The number of hydrogen-bond acceptors (Lipinski definition) is 8. The average molecular weight is 470 g/mol. The van der Waals surface area contributed by atoms with Crippen molar-refractivity contribution in [1.82, 2.24) is 10.3 Å². The molecule has 2 atom stereocenters. The molecule has 35 heavy (non-hydrogen) atoms. The number of Topliss-reactive ketones (excluding diaryl/α,β-unsaturated/α-hetero) is 1. The van der Waals surface area contributed by atoms with Gasteiger partial charge in [0, 0.05) is 23.4 Å². The van der Waals surface area contributed by atoms with Crippen LogP contribution in [-0.2, 0) is 11.3 Å². The van der Waals surface area contributed by atoms with E-state index in [-0.39, 0.29) is 39.6 Å². The SMILES string of the molecule is CC(C)c1ccc2c(c1)OC1(O)c3cccc([N+](=O)[O-])c3C(=O)C21NC(=O)c1ccc(C#N)cn1. The van der Waals surface area contributed by atoms with Crippen molar-refractivity contribution in [2.24, 2.45) is 0 Å². The van der Waals surface area contributed by atoms with Crippen LogP contribution in [0.5, 0.6) is 5.75 Å². The molecule has 0 fully saturated rings. The van der Waals surface area contributed by atoms with E-state index in [1.165, 1.54) is 30.5 Å². The second kappa shape index (κ2) is 7.44. The molecule has 5 rings (SSSR count).